The fraction of sp³-hybridized carbons (Fsp3) is 0.611. The molecule has 1 unspecified atom stereocenters. The van der Waals surface area contributed by atoms with Crippen LogP contribution in [-0.4, -0.2) is 65.2 Å². The van der Waals surface area contributed by atoms with Gasteiger partial charge in [-0.05, 0) is 19.4 Å². The number of ether oxygens (including phenoxy) is 3. The van der Waals surface area contributed by atoms with E-state index in [0.717, 1.165) is 12.8 Å². The zero-order chi connectivity index (χ0) is 20.0. The minimum Gasteiger partial charge on any atom is -0.493 e. The number of sulfonamides is 1. The molecule has 1 aliphatic heterocycles. The highest BCUT2D eigenvalue weighted by atomic mass is 32.2. The van der Waals surface area contributed by atoms with Crippen LogP contribution < -0.4 is 14.8 Å². The average Bonchev–Trinajstić information content (AvgIpc) is 2.67. The Morgan fingerprint density at radius 3 is 2.48 bits per heavy atom. The van der Waals surface area contributed by atoms with Crippen molar-refractivity contribution in [2.24, 2.45) is 0 Å². The van der Waals surface area contributed by atoms with E-state index >= 15 is 0 Å². The van der Waals surface area contributed by atoms with Crippen molar-refractivity contribution >= 4 is 15.9 Å². The van der Waals surface area contributed by atoms with Crippen molar-refractivity contribution in [3.05, 3.63) is 17.7 Å². The number of amides is 1. The number of morpholine rings is 1. The number of hydrogen-bond donors (Lipinski definition) is 1. The summed E-state index contributed by atoms with van der Waals surface area (Å²) in [6.45, 7) is 5.15. The second kappa shape index (κ2) is 9.38. The van der Waals surface area contributed by atoms with Gasteiger partial charge in [-0.1, -0.05) is 13.3 Å². The molecule has 152 valence electrons. The van der Waals surface area contributed by atoms with Gasteiger partial charge in [-0.15, -0.1) is 0 Å². The monoisotopic (exact) mass is 400 g/mol. The van der Waals surface area contributed by atoms with Crippen LogP contribution in [0.15, 0.2) is 17.0 Å². The smallest absolute Gasteiger partial charge is 0.255 e. The lowest BCUT2D eigenvalue weighted by molar-refractivity contribution is 0.0730. The summed E-state index contributed by atoms with van der Waals surface area (Å²) in [5.74, 6) is 0.00452. The third-order valence-corrected chi connectivity index (χ3v) is 6.28. The first-order chi connectivity index (χ1) is 12.8. The minimum atomic E-state index is -3.78. The Kier molecular flexibility index (Phi) is 7.46. The SMILES string of the molecule is CCCC(C)NC(=O)c1cc(S(=O)(=O)N2CCOCC2)cc(OC)c1OC. The van der Waals surface area contributed by atoms with Crippen LogP contribution in [0.1, 0.15) is 37.0 Å². The Labute approximate surface area is 160 Å². The molecule has 1 heterocycles. The molecule has 2 rings (SSSR count). The number of rotatable bonds is 8. The number of carbonyl (C=O) groups excluding carboxylic acids is 1. The lowest BCUT2D eigenvalue weighted by Gasteiger charge is -2.26. The predicted octanol–water partition coefficient (Wildman–Crippen LogP) is 1.64. The second-order valence-corrected chi connectivity index (χ2v) is 8.32. The number of hydrogen-bond acceptors (Lipinski definition) is 6. The van der Waals surface area contributed by atoms with Gasteiger partial charge >= 0.3 is 0 Å². The Bertz CT molecular complexity index is 759. The van der Waals surface area contributed by atoms with Crippen LogP contribution in [0.25, 0.3) is 0 Å². The van der Waals surface area contributed by atoms with Gasteiger partial charge in [0.25, 0.3) is 5.91 Å². The van der Waals surface area contributed by atoms with Crippen molar-refractivity contribution in [2.45, 2.75) is 37.6 Å². The van der Waals surface area contributed by atoms with E-state index in [4.69, 9.17) is 14.2 Å². The highest BCUT2D eigenvalue weighted by molar-refractivity contribution is 7.89. The quantitative estimate of drug-likeness (QED) is 0.713. The summed E-state index contributed by atoms with van der Waals surface area (Å²) in [6, 6.07) is 2.69. The van der Waals surface area contributed by atoms with Crippen LogP contribution in [0.4, 0.5) is 0 Å². The van der Waals surface area contributed by atoms with Crippen molar-refractivity contribution in [1.82, 2.24) is 9.62 Å². The van der Waals surface area contributed by atoms with E-state index in [9.17, 15) is 13.2 Å². The Morgan fingerprint density at radius 2 is 1.93 bits per heavy atom. The second-order valence-electron chi connectivity index (χ2n) is 6.39. The van der Waals surface area contributed by atoms with Crippen molar-refractivity contribution in [3.63, 3.8) is 0 Å². The molecular weight excluding hydrogens is 372 g/mol. The molecule has 1 aliphatic rings. The Balaban J connectivity index is 2.46. The average molecular weight is 400 g/mol. The van der Waals surface area contributed by atoms with Crippen molar-refractivity contribution in [2.75, 3.05) is 40.5 Å². The molecular formula is C18H28N2O6S. The first-order valence-corrected chi connectivity index (χ1v) is 10.4. The molecule has 0 radical (unpaired) electrons. The van der Waals surface area contributed by atoms with E-state index in [2.05, 4.69) is 5.32 Å². The summed E-state index contributed by atoms with van der Waals surface area (Å²) in [7, 11) is -0.953. The first kappa shape index (κ1) is 21.5. The summed E-state index contributed by atoms with van der Waals surface area (Å²) >= 11 is 0. The third kappa shape index (κ3) is 4.91. The standard InChI is InChI=1S/C18H28N2O6S/c1-5-6-13(2)19-18(21)15-11-14(12-16(24-3)17(15)25-4)27(22,23)20-7-9-26-10-8-20/h11-13H,5-10H2,1-4H3,(H,19,21). The van der Waals surface area contributed by atoms with Gasteiger partial charge in [-0.3, -0.25) is 4.79 Å². The molecule has 1 saturated heterocycles. The van der Waals surface area contributed by atoms with Crippen LogP contribution in [0.2, 0.25) is 0 Å². The number of carbonyl (C=O) groups is 1. The van der Waals surface area contributed by atoms with Crippen molar-refractivity contribution < 1.29 is 27.4 Å². The topological polar surface area (TPSA) is 94.2 Å². The summed E-state index contributed by atoms with van der Waals surface area (Å²) < 4.78 is 43.2. The van der Waals surface area contributed by atoms with E-state index in [-0.39, 0.29) is 41.1 Å². The van der Waals surface area contributed by atoms with Gasteiger partial charge < -0.3 is 19.5 Å². The summed E-state index contributed by atoms with van der Waals surface area (Å²) in [6.07, 6.45) is 1.74. The molecule has 9 heteroatoms. The lowest BCUT2D eigenvalue weighted by Crippen LogP contribution is -2.40. The van der Waals surface area contributed by atoms with Crippen LogP contribution in [-0.2, 0) is 14.8 Å². The van der Waals surface area contributed by atoms with E-state index in [0.29, 0.717) is 13.2 Å². The molecule has 1 atom stereocenters. The van der Waals surface area contributed by atoms with E-state index in [1.54, 1.807) is 0 Å². The van der Waals surface area contributed by atoms with E-state index in [1.165, 1.54) is 30.7 Å². The minimum absolute atomic E-state index is 0.00431. The van der Waals surface area contributed by atoms with Crippen LogP contribution in [0, 0.1) is 0 Å². The molecule has 1 N–H and O–H groups in total. The normalized spacial score (nSPS) is 16.6. The predicted molar refractivity (Wildman–Crippen MR) is 101 cm³/mol. The number of methoxy groups -OCH3 is 2. The molecule has 1 aromatic carbocycles. The molecule has 1 aromatic rings. The zero-order valence-corrected chi connectivity index (χ0v) is 17.1. The lowest BCUT2D eigenvalue weighted by atomic mass is 10.1. The van der Waals surface area contributed by atoms with Gasteiger partial charge in [0.05, 0.1) is 37.9 Å². The van der Waals surface area contributed by atoms with Gasteiger partial charge in [0.2, 0.25) is 10.0 Å². The Morgan fingerprint density at radius 1 is 1.26 bits per heavy atom. The molecule has 0 saturated carbocycles. The van der Waals surface area contributed by atoms with Crippen molar-refractivity contribution in [3.8, 4) is 11.5 Å². The number of benzene rings is 1. The highest BCUT2D eigenvalue weighted by Crippen LogP contribution is 2.35. The van der Waals surface area contributed by atoms with Gasteiger partial charge in [0, 0.05) is 25.2 Å². The fourth-order valence-electron chi connectivity index (χ4n) is 3.00. The maximum absolute atomic E-state index is 13.0. The third-order valence-electron chi connectivity index (χ3n) is 4.40. The van der Waals surface area contributed by atoms with Crippen molar-refractivity contribution in [1.29, 1.82) is 0 Å². The van der Waals surface area contributed by atoms with E-state index < -0.39 is 15.9 Å². The van der Waals surface area contributed by atoms with Crippen LogP contribution >= 0.6 is 0 Å². The molecule has 27 heavy (non-hydrogen) atoms. The molecule has 0 aliphatic carbocycles. The summed E-state index contributed by atoms with van der Waals surface area (Å²) in [5.41, 5.74) is 0.131. The largest absolute Gasteiger partial charge is 0.493 e. The van der Waals surface area contributed by atoms with E-state index in [1.807, 2.05) is 13.8 Å². The molecule has 0 spiro atoms. The Hall–Kier alpha value is -1.84. The van der Waals surface area contributed by atoms with Gasteiger partial charge in [0.15, 0.2) is 11.5 Å². The van der Waals surface area contributed by atoms with Crippen LogP contribution in [0.3, 0.4) is 0 Å². The van der Waals surface area contributed by atoms with Gasteiger partial charge in [-0.25, -0.2) is 8.42 Å². The fourth-order valence-corrected chi connectivity index (χ4v) is 4.45. The molecule has 1 fully saturated rings. The zero-order valence-electron chi connectivity index (χ0n) is 16.3. The number of nitrogens with zero attached hydrogens (tertiary/aromatic N) is 1. The molecule has 1 amide bonds. The van der Waals surface area contributed by atoms with Gasteiger partial charge in [0.1, 0.15) is 0 Å². The first-order valence-electron chi connectivity index (χ1n) is 8.99. The maximum atomic E-state index is 13.0. The maximum Gasteiger partial charge on any atom is 0.255 e. The summed E-state index contributed by atoms with van der Waals surface area (Å²) in [5, 5.41) is 2.88. The molecule has 0 bridgehead atoms. The van der Waals surface area contributed by atoms with Crippen LogP contribution in [0.5, 0.6) is 11.5 Å². The number of nitrogens with one attached hydrogen (secondary N) is 1. The molecule has 8 nitrogen and oxygen atoms in total. The molecule has 0 aromatic heterocycles. The highest BCUT2D eigenvalue weighted by Gasteiger charge is 2.30. The van der Waals surface area contributed by atoms with Gasteiger partial charge in [-0.2, -0.15) is 4.31 Å². The summed E-state index contributed by atoms with van der Waals surface area (Å²) in [4.78, 5) is 12.8.